The molecule has 0 saturated carbocycles. The fraction of sp³-hybridized carbons (Fsp3) is 0.360. The summed E-state index contributed by atoms with van der Waals surface area (Å²) in [7, 11) is 0. The first kappa shape index (κ1) is 22.4. The van der Waals surface area contributed by atoms with Gasteiger partial charge in [0, 0.05) is 19.5 Å². The Labute approximate surface area is 194 Å². The van der Waals surface area contributed by atoms with E-state index in [1.807, 2.05) is 6.07 Å². The van der Waals surface area contributed by atoms with E-state index in [2.05, 4.69) is 10.4 Å². The maximum atomic E-state index is 13.9. The fourth-order valence-electron chi connectivity index (χ4n) is 4.93. The largest absolute Gasteiger partial charge is 0.410 e. The van der Waals surface area contributed by atoms with Gasteiger partial charge in [0.05, 0.1) is 12.2 Å². The number of hydrogen-bond acceptors (Lipinski definition) is 3. The normalized spacial score (nSPS) is 22.4. The fourth-order valence-corrected chi connectivity index (χ4v) is 4.93. The van der Waals surface area contributed by atoms with E-state index >= 15 is 0 Å². The zero-order chi connectivity index (χ0) is 23.9. The molecule has 1 aromatic heterocycles. The van der Waals surface area contributed by atoms with E-state index in [4.69, 9.17) is 0 Å². The standard InChI is InChI=1S/C25H24F4N4O/c26-19-8-6-16(7-9-19)12-17-10-11-32(15-17)24(34)20-14-30-33-22(25(27,28)29)13-21(31-23(20)33)18-4-2-1-3-5-18/h1-9,14,17,21-22,31H,10-13,15H2. The first-order valence-corrected chi connectivity index (χ1v) is 11.3. The van der Waals surface area contributed by atoms with Gasteiger partial charge in [-0.3, -0.25) is 4.79 Å². The lowest BCUT2D eigenvalue weighted by Gasteiger charge is -2.34. The summed E-state index contributed by atoms with van der Waals surface area (Å²) in [5.74, 6) is -0.315. The number of benzene rings is 2. The average Bonchev–Trinajstić information content (AvgIpc) is 3.47. The van der Waals surface area contributed by atoms with Crippen molar-refractivity contribution in [1.82, 2.24) is 14.7 Å². The monoisotopic (exact) mass is 472 g/mol. The van der Waals surface area contributed by atoms with Crippen LogP contribution in [0, 0.1) is 11.7 Å². The molecule has 0 bridgehead atoms. The lowest BCUT2D eigenvalue weighted by atomic mass is 9.96. The summed E-state index contributed by atoms with van der Waals surface area (Å²) in [4.78, 5) is 15.0. The molecule has 1 N–H and O–H groups in total. The molecule has 1 amide bonds. The number of anilines is 1. The van der Waals surface area contributed by atoms with Crippen LogP contribution in [0.25, 0.3) is 0 Å². The molecule has 1 fully saturated rings. The summed E-state index contributed by atoms with van der Waals surface area (Å²) < 4.78 is 55.8. The number of alkyl halides is 3. The lowest BCUT2D eigenvalue weighted by Crippen LogP contribution is -2.37. The van der Waals surface area contributed by atoms with Crippen molar-refractivity contribution in [3.05, 3.63) is 83.3 Å². The molecule has 5 rings (SSSR count). The Kier molecular flexibility index (Phi) is 5.79. The van der Waals surface area contributed by atoms with Crippen LogP contribution < -0.4 is 5.32 Å². The molecule has 34 heavy (non-hydrogen) atoms. The van der Waals surface area contributed by atoms with Gasteiger partial charge in [-0.2, -0.15) is 18.3 Å². The molecule has 0 radical (unpaired) electrons. The molecule has 0 spiro atoms. The molecule has 3 atom stereocenters. The van der Waals surface area contributed by atoms with Crippen LogP contribution >= 0.6 is 0 Å². The smallest absolute Gasteiger partial charge is 0.363 e. The molecule has 2 aliphatic rings. The predicted octanol–water partition coefficient (Wildman–Crippen LogP) is 5.39. The summed E-state index contributed by atoms with van der Waals surface area (Å²) in [6.07, 6.45) is -1.98. The van der Waals surface area contributed by atoms with Gasteiger partial charge in [0.15, 0.2) is 6.04 Å². The van der Waals surface area contributed by atoms with E-state index in [0.717, 1.165) is 22.2 Å². The Hall–Kier alpha value is -3.36. The Morgan fingerprint density at radius 2 is 1.82 bits per heavy atom. The van der Waals surface area contributed by atoms with Crippen molar-refractivity contribution >= 4 is 11.7 Å². The van der Waals surface area contributed by atoms with E-state index in [9.17, 15) is 22.4 Å². The Morgan fingerprint density at radius 1 is 1.09 bits per heavy atom. The minimum absolute atomic E-state index is 0.106. The third-order valence-corrected chi connectivity index (χ3v) is 6.68. The topological polar surface area (TPSA) is 50.2 Å². The molecule has 0 aliphatic carbocycles. The van der Waals surface area contributed by atoms with Crippen molar-refractivity contribution in [3.63, 3.8) is 0 Å². The van der Waals surface area contributed by atoms with Gasteiger partial charge in [0.25, 0.3) is 5.91 Å². The minimum atomic E-state index is -4.50. The minimum Gasteiger partial charge on any atom is -0.363 e. The average molecular weight is 472 g/mol. The first-order valence-electron chi connectivity index (χ1n) is 11.3. The van der Waals surface area contributed by atoms with Crippen molar-refractivity contribution in [3.8, 4) is 0 Å². The maximum Gasteiger partial charge on any atom is 0.410 e. The van der Waals surface area contributed by atoms with Crippen molar-refractivity contribution in [2.45, 2.75) is 37.5 Å². The van der Waals surface area contributed by atoms with E-state index in [1.165, 1.54) is 18.3 Å². The summed E-state index contributed by atoms with van der Waals surface area (Å²) in [5, 5.41) is 7.11. The molecule has 3 heterocycles. The molecule has 178 valence electrons. The molecule has 3 unspecified atom stereocenters. The molecular weight excluding hydrogens is 448 g/mol. The number of amides is 1. The molecule has 2 aromatic carbocycles. The third-order valence-electron chi connectivity index (χ3n) is 6.68. The number of carbonyl (C=O) groups excluding carboxylic acids is 1. The van der Waals surface area contributed by atoms with Gasteiger partial charge in [-0.15, -0.1) is 0 Å². The van der Waals surface area contributed by atoms with Crippen molar-refractivity contribution in [2.75, 3.05) is 18.4 Å². The van der Waals surface area contributed by atoms with Gasteiger partial charge in [0.1, 0.15) is 17.2 Å². The van der Waals surface area contributed by atoms with Crippen LogP contribution in [-0.2, 0) is 6.42 Å². The maximum absolute atomic E-state index is 13.9. The second-order valence-corrected chi connectivity index (χ2v) is 8.99. The predicted molar refractivity (Wildman–Crippen MR) is 119 cm³/mol. The van der Waals surface area contributed by atoms with E-state index in [0.29, 0.717) is 19.5 Å². The summed E-state index contributed by atoms with van der Waals surface area (Å²) >= 11 is 0. The number of rotatable bonds is 4. The van der Waals surface area contributed by atoms with Crippen LogP contribution in [0.1, 0.15) is 46.4 Å². The molecular formula is C25H24F4N4O. The number of hydrogen-bond donors (Lipinski definition) is 1. The summed E-state index contributed by atoms with van der Waals surface area (Å²) in [6.45, 7) is 1.01. The number of fused-ring (bicyclic) bond motifs is 1. The van der Waals surface area contributed by atoms with Gasteiger partial charge in [-0.05, 0) is 42.0 Å². The molecule has 2 aliphatic heterocycles. The highest BCUT2D eigenvalue weighted by molar-refractivity contribution is 5.99. The van der Waals surface area contributed by atoms with Gasteiger partial charge >= 0.3 is 6.18 Å². The second-order valence-electron chi connectivity index (χ2n) is 8.99. The molecule has 3 aromatic rings. The number of aromatic nitrogens is 2. The highest BCUT2D eigenvalue weighted by atomic mass is 19.4. The summed E-state index contributed by atoms with van der Waals surface area (Å²) in [5.41, 5.74) is 1.87. The first-order chi connectivity index (χ1) is 16.3. The van der Waals surface area contributed by atoms with Crippen LogP contribution in [0.2, 0.25) is 0 Å². The Balaban J connectivity index is 1.36. The van der Waals surface area contributed by atoms with Gasteiger partial charge in [0.2, 0.25) is 0 Å². The van der Waals surface area contributed by atoms with Crippen LogP contribution in [-0.4, -0.2) is 39.9 Å². The van der Waals surface area contributed by atoms with E-state index in [1.54, 1.807) is 41.3 Å². The van der Waals surface area contributed by atoms with Crippen molar-refractivity contribution in [2.24, 2.45) is 5.92 Å². The molecule has 5 nitrogen and oxygen atoms in total. The second kappa shape index (κ2) is 8.77. The molecule has 9 heteroatoms. The van der Waals surface area contributed by atoms with E-state index in [-0.39, 0.29) is 35.4 Å². The van der Waals surface area contributed by atoms with Crippen LogP contribution in [0.4, 0.5) is 23.4 Å². The highest BCUT2D eigenvalue weighted by Crippen LogP contribution is 2.44. The third kappa shape index (κ3) is 4.38. The Morgan fingerprint density at radius 3 is 2.53 bits per heavy atom. The van der Waals surface area contributed by atoms with Crippen LogP contribution in [0.3, 0.4) is 0 Å². The van der Waals surface area contributed by atoms with Gasteiger partial charge in [-0.25, -0.2) is 9.07 Å². The van der Waals surface area contributed by atoms with Crippen LogP contribution in [0.5, 0.6) is 0 Å². The summed E-state index contributed by atoms with van der Waals surface area (Å²) in [6, 6.07) is 12.8. The van der Waals surface area contributed by atoms with Crippen LogP contribution in [0.15, 0.2) is 60.8 Å². The zero-order valence-corrected chi connectivity index (χ0v) is 18.3. The highest BCUT2D eigenvalue weighted by Gasteiger charge is 2.47. The lowest BCUT2D eigenvalue weighted by molar-refractivity contribution is -0.173. The number of nitrogens with zero attached hydrogens (tertiary/aromatic N) is 3. The zero-order valence-electron chi connectivity index (χ0n) is 18.3. The molecule has 1 saturated heterocycles. The number of nitrogens with one attached hydrogen (secondary N) is 1. The number of carbonyl (C=O) groups is 1. The van der Waals surface area contributed by atoms with Crippen molar-refractivity contribution < 1.29 is 22.4 Å². The van der Waals surface area contributed by atoms with Gasteiger partial charge in [-0.1, -0.05) is 42.5 Å². The van der Waals surface area contributed by atoms with Gasteiger partial charge < -0.3 is 10.2 Å². The quantitative estimate of drug-likeness (QED) is 0.519. The van der Waals surface area contributed by atoms with E-state index < -0.39 is 18.3 Å². The van der Waals surface area contributed by atoms with Crippen molar-refractivity contribution in [1.29, 1.82) is 0 Å². The SMILES string of the molecule is O=C(c1cnn2c1NC(c1ccccc1)CC2C(F)(F)F)N1CCC(Cc2ccc(F)cc2)C1. The number of likely N-dealkylation sites (tertiary alicyclic amines) is 1. The number of halogens is 4. The Bertz CT molecular complexity index is 1160.